The lowest BCUT2D eigenvalue weighted by Gasteiger charge is -2.35. The van der Waals surface area contributed by atoms with Crippen LogP contribution in [0, 0.1) is 0 Å². The van der Waals surface area contributed by atoms with Gasteiger partial charge in [0.05, 0.1) is 0 Å². The molecule has 0 saturated carbocycles. The zero-order valence-corrected chi connectivity index (χ0v) is 14.0. The first-order valence-corrected chi connectivity index (χ1v) is 8.10. The normalized spacial score (nSPS) is 24.2. The lowest BCUT2D eigenvalue weighted by atomic mass is 9.70. The number of hydrogen-bond acceptors (Lipinski definition) is 3. The molecular weight excluding hydrogens is 290 g/mol. The average molecular weight is 313 g/mol. The van der Waals surface area contributed by atoms with Crippen LogP contribution in [0.1, 0.15) is 45.6 Å². The van der Waals surface area contributed by atoms with Crippen molar-refractivity contribution in [1.82, 2.24) is 4.90 Å². The highest BCUT2D eigenvalue weighted by molar-refractivity contribution is 5.85. The third-order valence-electron chi connectivity index (χ3n) is 4.51. The first-order valence-electron chi connectivity index (χ1n) is 8.10. The number of carbonyl (C=O) groups is 2. The molecule has 1 saturated heterocycles. The van der Waals surface area contributed by atoms with Crippen molar-refractivity contribution in [3.8, 4) is 0 Å². The number of carbonyl (C=O) groups excluding carboxylic acids is 2. The van der Waals surface area contributed by atoms with Gasteiger partial charge in [0.2, 0.25) is 0 Å². The molecule has 23 heavy (non-hydrogen) atoms. The van der Waals surface area contributed by atoms with Gasteiger partial charge in [0.15, 0.2) is 0 Å². The van der Waals surface area contributed by atoms with Crippen molar-refractivity contribution in [1.29, 1.82) is 0 Å². The minimum atomic E-state index is -0.528. The first kappa shape index (κ1) is 15.8. The van der Waals surface area contributed by atoms with Crippen molar-refractivity contribution in [3.05, 3.63) is 47.7 Å². The van der Waals surface area contributed by atoms with Gasteiger partial charge in [0.25, 0.3) is 0 Å². The molecule has 1 aromatic rings. The third-order valence-corrected chi connectivity index (χ3v) is 4.51. The summed E-state index contributed by atoms with van der Waals surface area (Å²) in [6, 6.07) is 10.0. The van der Waals surface area contributed by atoms with Gasteiger partial charge in [-0.25, -0.2) is 4.79 Å². The quantitative estimate of drug-likeness (QED) is 0.792. The summed E-state index contributed by atoms with van der Waals surface area (Å²) >= 11 is 0. The number of ketones is 1. The molecule has 3 rings (SSSR count). The largest absolute Gasteiger partial charge is 0.443 e. The molecule has 122 valence electrons. The molecule has 1 aliphatic carbocycles. The Morgan fingerprint density at radius 2 is 1.91 bits per heavy atom. The zero-order valence-electron chi connectivity index (χ0n) is 14.0. The van der Waals surface area contributed by atoms with Gasteiger partial charge in [-0.1, -0.05) is 36.4 Å². The van der Waals surface area contributed by atoms with E-state index in [1.165, 1.54) is 0 Å². The van der Waals surface area contributed by atoms with Crippen molar-refractivity contribution < 1.29 is 14.3 Å². The number of Topliss-reactive ketones (excluding diaryl/α,β-unsaturated/α-hetero) is 1. The van der Waals surface area contributed by atoms with E-state index in [2.05, 4.69) is 0 Å². The number of ether oxygens (including phenoxy) is 1. The van der Waals surface area contributed by atoms with Crippen molar-refractivity contribution in [2.75, 3.05) is 6.54 Å². The van der Waals surface area contributed by atoms with Crippen LogP contribution in [0.4, 0.5) is 4.79 Å². The number of likely N-dealkylation sites (tertiary alicyclic amines) is 1. The van der Waals surface area contributed by atoms with Crippen LogP contribution >= 0.6 is 0 Å². The Bertz CT molecular complexity index is 657. The highest BCUT2D eigenvalue weighted by Gasteiger charge is 2.49. The van der Waals surface area contributed by atoms with Gasteiger partial charge in [0, 0.05) is 30.5 Å². The van der Waals surface area contributed by atoms with E-state index in [1.807, 2.05) is 57.2 Å². The van der Waals surface area contributed by atoms with Crippen LogP contribution in [0.5, 0.6) is 0 Å². The zero-order chi connectivity index (χ0) is 16.7. The van der Waals surface area contributed by atoms with Gasteiger partial charge >= 0.3 is 6.09 Å². The minimum absolute atomic E-state index is 0.226. The summed E-state index contributed by atoms with van der Waals surface area (Å²) in [5.41, 5.74) is 1.12. The van der Waals surface area contributed by atoms with Crippen LogP contribution in [0.15, 0.2) is 42.1 Å². The Morgan fingerprint density at radius 1 is 1.22 bits per heavy atom. The second-order valence-electron chi connectivity index (χ2n) is 7.34. The molecule has 0 bridgehead atoms. The standard InChI is InChI=1S/C19H23NO3/c1-18(2,3)23-17(22)20-12-11-19(14-7-5-4-6-8-14)13-15(21)9-10-16(19)20/h4-8,10H,9,11-13H2,1-3H3. The predicted molar refractivity (Wildman–Crippen MR) is 88.0 cm³/mol. The van der Waals surface area contributed by atoms with E-state index in [9.17, 15) is 9.59 Å². The summed E-state index contributed by atoms with van der Waals surface area (Å²) in [5.74, 6) is 0.226. The fourth-order valence-corrected chi connectivity index (χ4v) is 3.57. The molecule has 0 aromatic heterocycles. The second-order valence-corrected chi connectivity index (χ2v) is 7.34. The molecule has 2 aliphatic rings. The molecule has 1 amide bonds. The number of amides is 1. The molecule has 1 aromatic carbocycles. The Hall–Kier alpha value is -2.10. The molecule has 1 atom stereocenters. The predicted octanol–water partition coefficient (Wildman–Crippen LogP) is 3.81. The van der Waals surface area contributed by atoms with Gasteiger partial charge in [-0.05, 0) is 32.8 Å². The highest BCUT2D eigenvalue weighted by Crippen LogP contribution is 2.48. The topological polar surface area (TPSA) is 46.6 Å². The van der Waals surface area contributed by atoms with Gasteiger partial charge < -0.3 is 4.74 Å². The number of fused-ring (bicyclic) bond motifs is 1. The first-order chi connectivity index (χ1) is 10.8. The van der Waals surface area contributed by atoms with E-state index in [4.69, 9.17) is 4.74 Å². The van der Waals surface area contributed by atoms with Gasteiger partial charge in [-0.3, -0.25) is 9.69 Å². The molecule has 1 heterocycles. The van der Waals surface area contributed by atoms with Crippen molar-refractivity contribution in [2.45, 2.75) is 51.0 Å². The molecule has 1 fully saturated rings. The third kappa shape index (κ3) is 2.90. The van der Waals surface area contributed by atoms with Gasteiger partial charge in [-0.15, -0.1) is 0 Å². The van der Waals surface area contributed by atoms with E-state index in [1.54, 1.807) is 4.90 Å². The van der Waals surface area contributed by atoms with Crippen LogP contribution in [-0.2, 0) is 14.9 Å². The molecule has 4 nitrogen and oxygen atoms in total. The van der Waals surface area contributed by atoms with Crippen LogP contribution in [0.25, 0.3) is 0 Å². The molecule has 0 radical (unpaired) electrons. The second kappa shape index (κ2) is 5.52. The Labute approximate surface area is 137 Å². The summed E-state index contributed by atoms with van der Waals surface area (Å²) in [7, 11) is 0. The molecule has 0 spiro atoms. The summed E-state index contributed by atoms with van der Waals surface area (Å²) in [4.78, 5) is 26.4. The van der Waals surface area contributed by atoms with E-state index in [0.717, 1.165) is 17.7 Å². The summed E-state index contributed by atoms with van der Waals surface area (Å²) in [6.45, 7) is 6.18. The number of nitrogens with zero attached hydrogens (tertiary/aromatic N) is 1. The lowest BCUT2D eigenvalue weighted by molar-refractivity contribution is -0.119. The van der Waals surface area contributed by atoms with Crippen LogP contribution < -0.4 is 0 Å². The van der Waals surface area contributed by atoms with Crippen LogP contribution in [0.2, 0.25) is 0 Å². The van der Waals surface area contributed by atoms with Crippen molar-refractivity contribution >= 4 is 11.9 Å². The summed E-state index contributed by atoms with van der Waals surface area (Å²) in [6.07, 6.45) is 3.20. The van der Waals surface area contributed by atoms with E-state index >= 15 is 0 Å². The average Bonchev–Trinajstić information content (AvgIpc) is 2.86. The number of benzene rings is 1. The van der Waals surface area contributed by atoms with Gasteiger partial charge in [0.1, 0.15) is 11.4 Å². The van der Waals surface area contributed by atoms with E-state index < -0.39 is 5.60 Å². The molecule has 4 heteroatoms. The number of allylic oxidation sites excluding steroid dienone is 2. The van der Waals surface area contributed by atoms with Crippen molar-refractivity contribution in [3.63, 3.8) is 0 Å². The van der Waals surface area contributed by atoms with E-state index in [0.29, 0.717) is 19.4 Å². The fourth-order valence-electron chi connectivity index (χ4n) is 3.57. The van der Waals surface area contributed by atoms with Crippen molar-refractivity contribution in [2.24, 2.45) is 0 Å². The Morgan fingerprint density at radius 3 is 2.57 bits per heavy atom. The summed E-state index contributed by atoms with van der Waals surface area (Å²) in [5, 5.41) is 0. The smallest absolute Gasteiger partial charge is 0.414 e. The fraction of sp³-hybridized carbons (Fsp3) is 0.474. The molecule has 1 aliphatic heterocycles. The maximum Gasteiger partial charge on any atom is 0.414 e. The lowest BCUT2D eigenvalue weighted by Crippen LogP contribution is -2.38. The Kier molecular flexibility index (Phi) is 3.78. The number of hydrogen-bond donors (Lipinski definition) is 0. The molecule has 0 N–H and O–H groups in total. The molecular formula is C19H23NO3. The monoisotopic (exact) mass is 313 g/mol. The van der Waals surface area contributed by atoms with Gasteiger partial charge in [-0.2, -0.15) is 0 Å². The van der Waals surface area contributed by atoms with Crippen LogP contribution in [-0.4, -0.2) is 28.9 Å². The SMILES string of the molecule is CC(C)(C)OC(=O)N1CCC2(c3ccccc3)CC(=O)CC=C12. The maximum atomic E-state index is 12.5. The molecule has 1 unspecified atom stereocenters. The minimum Gasteiger partial charge on any atom is -0.443 e. The summed E-state index contributed by atoms with van der Waals surface area (Å²) < 4.78 is 5.54. The maximum absolute atomic E-state index is 12.5. The highest BCUT2D eigenvalue weighted by atomic mass is 16.6. The van der Waals surface area contributed by atoms with Crippen LogP contribution in [0.3, 0.4) is 0 Å². The van der Waals surface area contributed by atoms with E-state index in [-0.39, 0.29) is 17.3 Å². The Balaban J connectivity index is 1.97. The number of rotatable bonds is 1.